The maximum atomic E-state index is 11.4. The smallest absolute Gasteiger partial charge is 0.346 e. The molecule has 4 aliphatic rings. The number of anilines is 4. The number of hydrogen-bond acceptors (Lipinski definition) is 11. The van der Waals surface area contributed by atoms with Crippen molar-refractivity contribution < 1.29 is 19.4 Å². The highest BCUT2D eigenvalue weighted by molar-refractivity contribution is 7.99. The Hall–Kier alpha value is -6.91. The molecule has 0 atom stereocenters. The lowest BCUT2D eigenvalue weighted by Crippen LogP contribution is -2.34. The number of rotatable bonds is 12. The zero-order valence-corrected chi connectivity index (χ0v) is 41.2. The van der Waals surface area contributed by atoms with Crippen molar-refractivity contribution >= 4 is 80.7 Å². The van der Waals surface area contributed by atoms with Crippen LogP contribution >= 0.6 is 34.8 Å². The van der Waals surface area contributed by atoms with Gasteiger partial charge in [0.25, 0.3) is 0 Å². The van der Waals surface area contributed by atoms with Crippen LogP contribution in [-0.2, 0) is 24.1 Å². The van der Waals surface area contributed by atoms with E-state index >= 15 is 0 Å². The third kappa shape index (κ3) is 8.09. The highest BCUT2D eigenvalue weighted by Crippen LogP contribution is 2.58. The average Bonchev–Trinajstić information content (AvgIpc) is 4.05. The number of nitriles is 1. The number of benzene rings is 6. The number of unbranched alkanes of at least 4 members (excludes halogenated alkanes) is 3. The van der Waals surface area contributed by atoms with Gasteiger partial charge in [-0.15, -0.1) is 11.3 Å². The van der Waals surface area contributed by atoms with Crippen LogP contribution in [0.1, 0.15) is 67.7 Å². The van der Waals surface area contributed by atoms with Crippen LogP contribution in [0, 0.1) is 11.3 Å². The molecule has 0 amide bonds. The highest BCUT2D eigenvalue weighted by Gasteiger charge is 2.32. The number of thiophene rings is 1. The molecule has 0 saturated heterocycles. The number of hydrogen-bond donors (Lipinski definition) is 1. The molecule has 4 aliphatic heterocycles. The predicted octanol–water partition coefficient (Wildman–Crippen LogP) is 14.9. The first-order chi connectivity index (χ1) is 34.4. The van der Waals surface area contributed by atoms with Crippen molar-refractivity contribution in [1.29, 1.82) is 5.26 Å². The Balaban J connectivity index is 0.921. The van der Waals surface area contributed by atoms with E-state index in [0.717, 1.165) is 96.9 Å². The Labute approximate surface area is 420 Å². The minimum Gasteiger partial charge on any atom is -0.485 e. The zero-order valence-electron chi connectivity index (χ0n) is 38.8. The fourth-order valence-electron chi connectivity index (χ4n) is 10.6. The van der Waals surface area contributed by atoms with Gasteiger partial charge in [-0.1, -0.05) is 98.6 Å². The van der Waals surface area contributed by atoms with Crippen molar-refractivity contribution in [3.8, 4) is 60.7 Å². The number of fused-ring (bicyclic) bond motifs is 4. The summed E-state index contributed by atoms with van der Waals surface area (Å²) in [6.45, 7) is 5.50. The molecule has 6 heterocycles. The molecule has 0 aliphatic carbocycles. The highest BCUT2D eigenvalue weighted by atomic mass is 32.2. The van der Waals surface area contributed by atoms with Crippen LogP contribution in [0.2, 0.25) is 0 Å². The summed E-state index contributed by atoms with van der Waals surface area (Å²) >= 11 is 4.66. The predicted molar refractivity (Wildman–Crippen MR) is 285 cm³/mol. The number of ether oxygens (including phenoxy) is 2. The van der Waals surface area contributed by atoms with E-state index < -0.39 is 5.97 Å². The Morgan fingerprint density at radius 3 is 2.06 bits per heavy atom. The molecule has 70 heavy (non-hydrogen) atoms. The number of carboxylic acid groups (broad SMARTS) is 1. The van der Waals surface area contributed by atoms with Gasteiger partial charge < -0.3 is 24.4 Å². The van der Waals surface area contributed by atoms with Gasteiger partial charge in [-0.3, -0.25) is 0 Å². The number of aliphatic carboxylic acids is 1. The normalized spacial score (nSPS) is 14.8. The van der Waals surface area contributed by atoms with Crippen LogP contribution in [0.4, 0.5) is 22.7 Å². The molecule has 12 rings (SSSR count). The molecule has 0 unspecified atom stereocenters. The third-order valence-electron chi connectivity index (χ3n) is 14.0. The van der Waals surface area contributed by atoms with Crippen molar-refractivity contribution in [3.05, 3.63) is 137 Å². The molecule has 0 spiro atoms. The fraction of sp³-hybridized carbons (Fsp3) is 0.241. The van der Waals surface area contributed by atoms with Gasteiger partial charge in [0.05, 0.1) is 32.9 Å². The van der Waals surface area contributed by atoms with Crippen LogP contribution in [0.3, 0.4) is 0 Å². The molecule has 2 aromatic heterocycles. The molecule has 0 bridgehead atoms. The van der Waals surface area contributed by atoms with Crippen molar-refractivity contribution in [2.45, 2.75) is 74.5 Å². The molecule has 0 radical (unpaired) electrons. The lowest BCUT2D eigenvalue weighted by molar-refractivity contribution is -0.132. The maximum Gasteiger partial charge on any atom is 0.346 e. The second-order valence-corrected chi connectivity index (χ2v) is 21.1. The summed E-state index contributed by atoms with van der Waals surface area (Å²) in [7, 11) is 0. The van der Waals surface area contributed by atoms with Gasteiger partial charge in [0, 0.05) is 45.4 Å². The van der Waals surface area contributed by atoms with E-state index in [-0.39, 0.29) is 5.57 Å². The quantitative estimate of drug-likeness (QED) is 0.0721. The molecule has 348 valence electrons. The topological polar surface area (TPSA) is 112 Å². The standard InChI is InChI=1S/C58H49N5O4S3/c1-2-3-4-5-8-35-13-19-44(20-14-35)63-47-23-17-38(42-30-39-9-6-25-62-26-7-10-40(31-42)53(39)62)32-49(47)68-50-33-41(18-24-48(50)63)56-54-55(67-28-27-66-54)57(69-56)46-22-21-45(51-52(46)61-70-60-51)37-15-11-36(12-16-37)29-43(34-59)58(64)65/h11-24,29-33H,2-10,25-28H2,1H3,(H,64,65). The molecule has 12 heteroatoms. The minimum atomic E-state index is -1.26. The van der Waals surface area contributed by atoms with Gasteiger partial charge in [0.2, 0.25) is 0 Å². The van der Waals surface area contributed by atoms with Gasteiger partial charge in [0.1, 0.15) is 35.9 Å². The summed E-state index contributed by atoms with van der Waals surface area (Å²) in [5.41, 5.74) is 17.5. The molecule has 9 nitrogen and oxygen atoms in total. The van der Waals surface area contributed by atoms with E-state index in [2.05, 4.69) is 102 Å². The van der Waals surface area contributed by atoms with Crippen LogP contribution in [0.15, 0.2) is 125 Å². The second kappa shape index (κ2) is 18.8. The van der Waals surface area contributed by atoms with E-state index in [0.29, 0.717) is 18.8 Å². The Bertz CT molecular complexity index is 3390. The third-order valence-corrected chi connectivity index (χ3v) is 16.9. The van der Waals surface area contributed by atoms with E-state index in [9.17, 15) is 15.2 Å². The van der Waals surface area contributed by atoms with E-state index in [1.54, 1.807) is 29.5 Å². The first kappa shape index (κ1) is 44.3. The monoisotopic (exact) mass is 975 g/mol. The first-order valence-electron chi connectivity index (χ1n) is 24.3. The minimum absolute atomic E-state index is 0.320. The number of carboxylic acids is 1. The SMILES string of the molecule is CCCCCCc1ccc(N2c3ccc(-c4cc5c6c(c4)CCCN6CCC5)cc3Sc3cc(-c4sc(-c5ccc(-c6ccc(C=C(C#N)C(=O)O)cc6)c6nsnc56)c5c4OCCO5)ccc32)cc1. The maximum absolute atomic E-state index is 11.4. The van der Waals surface area contributed by atoms with Crippen LogP contribution in [0.5, 0.6) is 11.5 Å². The molecular formula is C58H49N5O4S3. The van der Waals surface area contributed by atoms with Crippen LogP contribution in [0.25, 0.3) is 60.2 Å². The van der Waals surface area contributed by atoms with Crippen LogP contribution < -0.4 is 19.3 Å². The number of aryl methyl sites for hydroxylation is 3. The lowest BCUT2D eigenvalue weighted by Gasteiger charge is -2.37. The Morgan fingerprint density at radius 1 is 0.729 bits per heavy atom. The van der Waals surface area contributed by atoms with Gasteiger partial charge >= 0.3 is 5.97 Å². The van der Waals surface area contributed by atoms with Crippen molar-refractivity contribution in [1.82, 2.24) is 8.75 Å². The summed E-state index contributed by atoms with van der Waals surface area (Å²) in [4.78, 5) is 20.8. The Morgan fingerprint density at radius 2 is 1.37 bits per heavy atom. The number of aromatic nitrogens is 2. The summed E-state index contributed by atoms with van der Waals surface area (Å²) < 4.78 is 22.6. The lowest BCUT2D eigenvalue weighted by atomic mass is 9.88. The largest absolute Gasteiger partial charge is 0.485 e. The van der Waals surface area contributed by atoms with Crippen molar-refractivity contribution in [3.63, 3.8) is 0 Å². The summed E-state index contributed by atoms with van der Waals surface area (Å²) in [6, 6.07) is 41.4. The fourth-order valence-corrected chi connectivity index (χ4v) is 13.5. The molecule has 6 aromatic carbocycles. The van der Waals surface area contributed by atoms with Crippen LogP contribution in [-0.4, -0.2) is 46.1 Å². The molecule has 8 aromatic rings. The molecule has 0 fully saturated rings. The zero-order chi connectivity index (χ0) is 47.3. The Kier molecular flexibility index (Phi) is 11.9. The summed E-state index contributed by atoms with van der Waals surface area (Å²) in [5.74, 6) is 0.215. The average molecular weight is 976 g/mol. The van der Waals surface area contributed by atoms with Gasteiger partial charge in [0.15, 0.2) is 11.5 Å². The molecule has 0 saturated carbocycles. The van der Waals surface area contributed by atoms with E-state index in [4.69, 9.17) is 18.2 Å². The van der Waals surface area contributed by atoms with Crippen molar-refractivity contribution in [2.75, 3.05) is 36.1 Å². The van der Waals surface area contributed by atoms with E-state index in [1.165, 1.54) is 107 Å². The summed E-state index contributed by atoms with van der Waals surface area (Å²) in [5, 5.41) is 18.6. The number of nitrogens with zero attached hydrogens (tertiary/aromatic N) is 5. The number of carbonyl (C=O) groups is 1. The second-order valence-electron chi connectivity index (χ2n) is 18.5. The van der Waals surface area contributed by atoms with Gasteiger partial charge in [-0.2, -0.15) is 14.0 Å². The molecular weight excluding hydrogens is 927 g/mol. The summed E-state index contributed by atoms with van der Waals surface area (Å²) in [6.07, 6.45) is 12.2. The van der Waals surface area contributed by atoms with E-state index in [1.807, 2.05) is 23.9 Å². The molecule has 1 N–H and O–H groups in total. The first-order valence-corrected chi connectivity index (χ1v) is 26.7. The van der Waals surface area contributed by atoms with Crippen molar-refractivity contribution in [2.24, 2.45) is 0 Å². The van der Waals surface area contributed by atoms with Gasteiger partial charge in [-0.25, -0.2) is 4.79 Å². The van der Waals surface area contributed by atoms with Gasteiger partial charge in [-0.05, 0) is 138 Å².